The van der Waals surface area contributed by atoms with Crippen molar-refractivity contribution in [3.05, 3.63) is 12.7 Å². The molecule has 0 spiro atoms. The van der Waals surface area contributed by atoms with Crippen LogP contribution in [0.5, 0.6) is 0 Å². The van der Waals surface area contributed by atoms with Crippen molar-refractivity contribution in [1.82, 2.24) is 5.32 Å². The lowest BCUT2D eigenvalue weighted by atomic mass is 10.7. The molecule has 0 aliphatic rings. The van der Waals surface area contributed by atoms with Gasteiger partial charge in [0, 0.05) is 5.75 Å². The second-order valence-electron chi connectivity index (χ2n) is 1.63. The van der Waals surface area contributed by atoms with Crippen LogP contribution in [-0.2, 0) is 4.79 Å². The molecule has 4 heteroatoms. The fraction of sp³-hybridized carbons (Fsp3) is 0.500. The molecule has 0 aliphatic heterocycles. The SMILES string of the molecule is C=CCSC(NC)C(=O)O. The van der Waals surface area contributed by atoms with E-state index >= 15 is 0 Å². The second-order valence-corrected chi connectivity index (χ2v) is 2.77. The van der Waals surface area contributed by atoms with Crippen LogP contribution in [0, 0.1) is 0 Å². The average Bonchev–Trinajstić information content (AvgIpc) is 1.89. The molecule has 0 radical (unpaired) electrons. The van der Waals surface area contributed by atoms with E-state index < -0.39 is 11.3 Å². The highest BCUT2D eigenvalue weighted by atomic mass is 32.2. The van der Waals surface area contributed by atoms with E-state index in [9.17, 15) is 4.79 Å². The molecule has 0 rings (SSSR count). The van der Waals surface area contributed by atoms with Crippen molar-refractivity contribution in [2.45, 2.75) is 5.37 Å². The van der Waals surface area contributed by atoms with Gasteiger partial charge in [-0.3, -0.25) is 5.32 Å². The summed E-state index contributed by atoms with van der Waals surface area (Å²) in [6.07, 6.45) is 1.68. The van der Waals surface area contributed by atoms with E-state index in [0.29, 0.717) is 5.75 Å². The molecule has 0 aliphatic carbocycles. The molecule has 0 saturated carbocycles. The largest absolute Gasteiger partial charge is 0.479 e. The van der Waals surface area contributed by atoms with Gasteiger partial charge in [-0.1, -0.05) is 6.08 Å². The van der Waals surface area contributed by atoms with Crippen molar-refractivity contribution >= 4 is 17.7 Å². The predicted octanol–water partition coefficient (Wildman–Crippen LogP) is 0.536. The Kier molecular flexibility index (Phi) is 5.06. The van der Waals surface area contributed by atoms with Crippen molar-refractivity contribution < 1.29 is 9.90 Å². The lowest BCUT2D eigenvalue weighted by Gasteiger charge is -2.07. The highest BCUT2D eigenvalue weighted by Crippen LogP contribution is 2.06. The molecule has 0 bridgehead atoms. The van der Waals surface area contributed by atoms with Crippen LogP contribution < -0.4 is 5.32 Å². The first-order valence-corrected chi connectivity index (χ1v) is 3.89. The van der Waals surface area contributed by atoms with Gasteiger partial charge >= 0.3 is 5.97 Å². The average molecular weight is 161 g/mol. The third kappa shape index (κ3) is 3.53. The van der Waals surface area contributed by atoms with Gasteiger partial charge in [0.25, 0.3) is 0 Å². The zero-order valence-electron chi connectivity index (χ0n) is 5.83. The lowest BCUT2D eigenvalue weighted by Crippen LogP contribution is -2.30. The Morgan fingerprint density at radius 1 is 2.00 bits per heavy atom. The molecular weight excluding hydrogens is 150 g/mol. The van der Waals surface area contributed by atoms with Crippen molar-refractivity contribution in [1.29, 1.82) is 0 Å². The van der Waals surface area contributed by atoms with Crippen molar-refractivity contribution in [2.24, 2.45) is 0 Å². The van der Waals surface area contributed by atoms with Crippen LogP contribution in [0.25, 0.3) is 0 Å². The first-order valence-electron chi connectivity index (χ1n) is 2.85. The van der Waals surface area contributed by atoms with E-state index in [2.05, 4.69) is 11.9 Å². The molecule has 0 aromatic heterocycles. The Labute approximate surface area is 64.5 Å². The molecule has 0 heterocycles. The quantitative estimate of drug-likeness (QED) is 0.456. The number of carboxylic acid groups (broad SMARTS) is 1. The zero-order valence-corrected chi connectivity index (χ0v) is 6.65. The molecule has 0 fully saturated rings. The summed E-state index contributed by atoms with van der Waals surface area (Å²) in [6, 6.07) is 0. The minimum atomic E-state index is -0.839. The number of carbonyl (C=O) groups is 1. The number of hydrogen-bond donors (Lipinski definition) is 2. The van der Waals surface area contributed by atoms with Gasteiger partial charge in [0.15, 0.2) is 5.37 Å². The second kappa shape index (κ2) is 5.32. The Balaban J connectivity index is 3.60. The molecule has 58 valence electrons. The summed E-state index contributed by atoms with van der Waals surface area (Å²) in [7, 11) is 1.62. The Morgan fingerprint density at radius 3 is 2.90 bits per heavy atom. The standard InChI is InChI=1S/C6H11NO2S/c1-3-4-10-5(7-2)6(8)9/h3,5,7H,1,4H2,2H3,(H,8,9). The molecule has 10 heavy (non-hydrogen) atoms. The lowest BCUT2D eigenvalue weighted by molar-refractivity contribution is -0.136. The van der Waals surface area contributed by atoms with Crippen LogP contribution in [0.15, 0.2) is 12.7 Å². The summed E-state index contributed by atoms with van der Waals surface area (Å²) >= 11 is 1.30. The summed E-state index contributed by atoms with van der Waals surface area (Å²) in [5.74, 6) is -0.188. The number of carboxylic acids is 1. The number of rotatable bonds is 5. The van der Waals surface area contributed by atoms with E-state index in [0.717, 1.165) is 0 Å². The Bertz CT molecular complexity index is 127. The van der Waals surface area contributed by atoms with Crippen LogP contribution in [-0.4, -0.2) is 29.3 Å². The van der Waals surface area contributed by atoms with Gasteiger partial charge in [-0.05, 0) is 7.05 Å². The molecular formula is C6H11NO2S. The van der Waals surface area contributed by atoms with E-state index in [1.165, 1.54) is 11.8 Å². The first kappa shape index (κ1) is 9.52. The third-order valence-electron chi connectivity index (χ3n) is 0.867. The maximum Gasteiger partial charge on any atom is 0.331 e. The fourth-order valence-corrected chi connectivity index (χ4v) is 1.08. The van der Waals surface area contributed by atoms with E-state index in [4.69, 9.17) is 5.11 Å². The summed E-state index contributed by atoms with van der Waals surface area (Å²) < 4.78 is 0. The zero-order chi connectivity index (χ0) is 7.98. The van der Waals surface area contributed by atoms with Gasteiger partial charge in [-0.2, -0.15) is 0 Å². The summed E-state index contributed by atoms with van der Waals surface area (Å²) in [5, 5.41) is 10.6. The topological polar surface area (TPSA) is 49.3 Å². The minimum Gasteiger partial charge on any atom is -0.479 e. The monoisotopic (exact) mass is 161 g/mol. The van der Waals surface area contributed by atoms with Crippen LogP contribution in [0.4, 0.5) is 0 Å². The van der Waals surface area contributed by atoms with Gasteiger partial charge in [0.2, 0.25) is 0 Å². The Hall–Kier alpha value is -0.480. The maximum absolute atomic E-state index is 10.3. The normalized spacial score (nSPS) is 12.5. The number of likely N-dealkylation sites (N-methyl/N-ethyl adjacent to an activating group) is 1. The van der Waals surface area contributed by atoms with Crippen molar-refractivity contribution in [2.75, 3.05) is 12.8 Å². The highest BCUT2D eigenvalue weighted by Gasteiger charge is 2.12. The van der Waals surface area contributed by atoms with Crippen molar-refractivity contribution in [3.8, 4) is 0 Å². The van der Waals surface area contributed by atoms with E-state index in [1.807, 2.05) is 0 Å². The molecule has 0 aromatic rings. The number of nitrogens with one attached hydrogen (secondary N) is 1. The highest BCUT2D eigenvalue weighted by molar-refractivity contribution is 8.00. The van der Waals surface area contributed by atoms with Crippen LogP contribution in [0.3, 0.4) is 0 Å². The van der Waals surface area contributed by atoms with E-state index in [1.54, 1.807) is 13.1 Å². The molecule has 2 N–H and O–H groups in total. The first-order chi connectivity index (χ1) is 4.72. The number of thioether (sulfide) groups is 1. The van der Waals surface area contributed by atoms with E-state index in [-0.39, 0.29) is 0 Å². The van der Waals surface area contributed by atoms with Gasteiger partial charge in [-0.25, -0.2) is 4.79 Å². The maximum atomic E-state index is 10.3. The molecule has 1 unspecified atom stereocenters. The van der Waals surface area contributed by atoms with Gasteiger partial charge in [0.1, 0.15) is 0 Å². The molecule has 0 amide bonds. The molecule has 0 saturated heterocycles. The molecule has 1 atom stereocenters. The molecule has 0 aromatic carbocycles. The minimum absolute atomic E-state index is 0.516. The predicted molar refractivity (Wildman–Crippen MR) is 43.1 cm³/mol. The molecule has 3 nitrogen and oxygen atoms in total. The summed E-state index contributed by atoms with van der Waals surface area (Å²) in [5.41, 5.74) is 0. The fourth-order valence-electron chi connectivity index (χ4n) is 0.442. The van der Waals surface area contributed by atoms with Gasteiger partial charge in [-0.15, -0.1) is 18.3 Å². The Morgan fingerprint density at radius 2 is 2.60 bits per heavy atom. The van der Waals surface area contributed by atoms with Gasteiger partial charge in [0.05, 0.1) is 0 Å². The smallest absolute Gasteiger partial charge is 0.331 e. The number of hydrogen-bond acceptors (Lipinski definition) is 3. The summed E-state index contributed by atoms with van der Waals surface area (Å²) in [6.45, 7) is 3.48. The van der Waals surface area contributed by atoms with Crippen molar-refractivity contribution in [3.63, 3.8) is 0 Å². The number of aliphatic carboxylic acids is 1. The van der Waals surface area contributed by atoms with Crippen LogP contribution >= 0.6 is 11.8 Å². The van der Waals surface area contributed by atoms with Gasteiger partial charge < -0.3 is 5.11 Å². The van der Waals surface area contributed by atoms with Crippen LogP contribution in [0.1, 0.15) is 0 Å². The van der Waals surface area contributed by atoms with Crippen LogP contribution in [0.2, 0.25) is 0 Å². The third-order valence-corrected chi connectivity index (χ3v) is 2.07. The summed E-state index contributed by atoms with van der Waals surface area (Å²) in [4.78, 5) is 10.3.